The number of sulfonamides is 2. The number of hydrogen-bond acceptors (Lipinski definition) is 25. The maximum atomic E-state index is 13.5. The number of oxime groups is 1. The van der Waals surface area contributed by atoms with Crippen LogP contribution in [0.15, 0.2) is 128 Å². The molecule has 32 nitrogen and oxygen atoms in total. The van der Waals surface area contributed by atoms with Crippen molar-refractivity contribution in [3.05, 3.63) is 175 Å². The standard InChI is InChI=1S/C23H32N2O4.C18H18N2O5S.C16H17N3O5S.C14H15N5O6S/c1-7-16-13-15(3)14-17(8-2)18(16)19-20(26)24-9-11-28-12-10-25(24)21(19)29-22(27)23(4,5)6;1-25-16-5-3-2-4-15(16)18(22)20-26(23,24)14-10-6-12(7-11-14)17(21)19-13-8-9-13;1-9-10(15(20)11-8-17-19(2)16(11)21)4-5-13(25(3,22)23)14(9)12-6-7-24-18-12;1-8-15-12(18-14(16-8)25-3)17-13(21)19-26(22,23)10-7-5-4-6-9(10)11(20)24-2/h13-14H,7-12H2,1-6H3;2-7,10-11,13H,8-9H2,1H3,(H,19,21)(H,20,22);4-5,8,21H,6-7H2,1-3H3;4-7H,1-3H3,(H2,15,16,17,18,19,21). The molecular weight excluding hydrogens is 1440 g/mol. The first kappa shape index (κ1) is 80.5. The molecule has 0 radical (unpaired) electrons. The molecule has 3 aromatic heterocycles. The lowest BCUT2D eigenvalue weighted by atomic mass is 9.91. The predicted octanol–water partition coefficient (Wildman–Crippen LogP) is 7.12. The SMILES string of the molecule is CCc1cc(C)cc(CC)c1-c1c(OC(=O)C(C)(C)C)n2n(c1=O)CCOCC2.COC(=O)c1ccccc1S(=O)(=O)NC(=O)Nc1nc(C)nc(OC)n1.COc1ccccc1C(=O)NS(=O)(=O)c1ccc(C(=O)NC2CC2)cc1.Cc1c(C(=O)c2cnn(C)c2O)ccc(S(C)(=O)=O)c1C1=NOCC1. The van der Waals surface area contributed by atoms with E-state index in [-0.39, 0.29) is 84.9 Å². The zero-order chi connectivity index (χ0) is 77.8. The van der Waals surface area contributed by atoms with Gasteiger partial charge in [-0.05, 0) is 150 Å². The van der Waals surface area contributed by atoms with Crippen molar-refractivity contribution in [1.29, 1.82) is 0 Å². The van der Waals surface area contributed by atoms with Crippen molar-refractivity contribution in [3.63, 3.8) is 0 Å². The maximum Gasteiger partial charge on any atom is 0.339 e. The zero-order valence-corrected chi connectivity index (χ0v) is 62.9. The lowest BCUT2D eigenvalue weighted by Crippen LogP contribution is -2.35. The average Bonchev–Trinajstić information content (AvgIpc) is 1.64. The number of aromatic nitrogens is 7. The Balaban J connectivity index is 0.000000179. The first-order valence-electron chi connectivity index (χ1n) is 33.0. The fraction of sp³-hybridized carbons (Fsp3) is 0.352. The Morgan fingerprint density at radius 3 is 1.89 bits per heavy atom. The van der Waals surface area contributed by atoms with Crippen LogP contribution in [-0.4, -0.2) is 159 Å². The highest BCUT2D eigenvalue weighted by atomic mass is 32.2. The van der Waals surface area contributed by atoms with Crippen LogP contribution in [0.5, 0.6) is 23.5 Å². The molecule has 1 aliphatic carbocycles. The van der Waals surface area contributed by atoms with Crippen molar-refractivity contribution < 1.29 is 87.6 Å². The Morgan fingerprint density at radius 1 is 0.689 bits per heavy atom. The molecule has 4 amide bonds. The number of ketones is 1. The van der Waals surface area contributed by atoms with Crippen molar-refractivity contribution in [2.45, 2.75) is 121 Å². The molecule has 0 unspecified atom stereocenters. The molecule has 564 valence electrons. The third-order valence-corrected chi connectivity index (χ3v) is 20.2. The Kier molecular flexibility index (Phi) is 26.0. The molecule has 0 bridgehead atoms. The minimum absolute atomic E-state index is 0.0493. The summed E-state index contributed by atoms with van der Waals surface area (Å²) in [6.45, 7) is 17.1. The van der Waals surface area contributed by atoms with Crippen LogP contribution in [0.3, 0.4) is 0 Å². The molecule has 5 heterocycles. The summed E-state index contributed by atoms with van der Waals surface area (Å²) in [5.74, 6) is -2.27. The van der Waals surface area contributed by atoms with Gasteiger partial charge >= 0.3 is 24.0 Å². The van der Waals surface area contributed by atoms with Gasteiger partial charge in [0.2, 0.25) is 17.7 Å². The molecule has 11 rings (SSSR count). The van der Waals surface area contributed by atoms with Crippen molar-refractivity contribution in [3.8, 4) is 34.6 Å². The summed E-state index contributed by atoms with van der Waals surface area (Å²) in [4.78, 5) is 103. The van der Waals surface area contributed by atoms with E-state index in [4.69, 9.17) is 23.8 Å². The van der Waals surface area contributed by atoms with E-state index >= 15 is 0 Å². The van der Waals surface area contributed by atoms with Crippen molar-refractivity contribution in [2.75, 3.05) is 52.7 Å². The molecule has 3 aliphatic rings. The third kappa shape index (κ3) is 19.4. The van der Waals surface area contributed by atoms with Gasteiger partial charge in [-0.25, -0.2) is 58.3 Å². The minimum atomic E-state index is -4.36. The van der Waals surface area contributed by atoms with E-state index in [9.17, 15) is 63.9 Å². The van der Waals surface area contributed by atoms with Gasteiger partial charge in [0.05, 0.1) is 85.9 Å². The number of nitrogens with one attached hydrogen (secondary N) is 4. The Labute approximate surface area is 611 Å². The van der Waals surface area contributed by atoms with E-state index in [1.165, 1.54) is 105 Å². The first-order chi connectivity index (χ1) is 50.1. The van der Waals surface area contributed by atoms with Gasteiger partial charge in [-0.2, -0.15) is 20.1 Å². The molecule has 0 saturated heterocycles. The number of ether oxygens (including phenoxy) is 5. The zero-order valence-electron chi connectivity index (χ0n) is 60.5. The number of nitrogens with zero attached hydrogens (tertiary/aromatic N) is 8. The Hall–Kier alpha value is -11.2. The number of rotatable bonds is 19. The topological polar surface area (TPSA) is 424 Å². The van der Waals surface area contributed by atoms with Crippen LogP contribution >= 0.6 is 0 Å². The van der Waals surface area contributed by atoms with Crippen molar-refractivity contribution >= 4 is 77.1 Å². The van der Waals surface area contributed by atoms with Gasteiger partial charge in [-0.15, -0.1) is 0 Å². The number of hydrogen-bond donors (Lipinski definition) is 5. The number of aryl methyl sites for hydroxylation is 5. The van der Waals surface area contributed by atoms with Gasteiger partial charge in [-0.1, -0.05) is 61.0 Å². The Bertz CT molecular complexity index is 5110. The third-order valence-electron chi connectivity index (χ3n) is 16.3. The molecule has 35 heteroatoms. The van der Waals surface area contributed by atoms with Crippen LogP contribution < -0.4 is 39.8 Å². The van der Waals surface area contributed by atoms with Crippen molar-refractivity contribution in [1.82, 2.24) is 48.9 Å². The summed E-state index contributed by atoms with van der Waals surface area (Å²) in [6.07, 6.45) is 6.36. The number of carbonyl (C=O) groups excluding carboxylic acids is 6. The van der Waals surface area contributed by atoms with E-state index < -0.39 is 63.9 Å². The van der Waals surface area contributed by atoms with Gasteiger partial charge in [0.25, 0.3) is 37.4 Å². The number of benzene rings is 5. The number of esters is 2. The van der Waals surface area contributed by atoms with E-state index in [1.807, 2.05) is 25.5 Å². The lowest BCUT2D eigenvalue weighted by Gasteiger charge is -2.19. The molecule has 5 aromatic carbocycles. The van der Waals surface area contributed by atoms with Crippen LogP contribution in [-0.2, 0) is 82.0 Å². The molecule has 8 aromatic rings. The molecule has 0 spiro atoms. The number of fused-ring (bicyclic) bond motifs is 1. The van der Waals surface area contributed by atoms with Gasteiger partial charge < -0.3 is 38.9 Å². The minimum Gasteiger partial charge on any atom is -0.496 e. The largest absolute Gasteiger partial charge is 0.496 e. The summed E-state index contributed by atoms with van der Waals surface area (Å²) in [7, 11) is -6.60. The summed E-state index contributed by atoms with van der Waals surface area (Å²) in [6, 6.07) is 23.1. The van der Waals surface area contributed by atoms with E-state index in [0.29, 0.717) is 73.2 Å². The van der Waals surface area contributed by atoms with Gasteiger partial charge in [0.1, 0.15) is 34.2 Å². The highest BCUT2D eigenvalue weighted by molar-refractivity contribution is 7.91. The number of amides is 4. The van der Waals surface area contributed by atoms with Crippen LogP contribution in [0, 0.1) is 26.2 Å². The van der Waals surface area contributed by atoms with E-state index in [1.54, 1.807) is 39.2 Å². The second-order valence-corrected chi connectivity index (χ2v) is 30.5. The second kappa shape index (κ2) is 34.2. The van der Waals surface area contributed by atoms with E-state index in [0.717, 1.165) is 61.8 Å². The maximum absolute atomic E-state index is 13.5. The number of urea groups is 1. The number of anilines is 1. The van der Waals surface area contributed by atoms with Crippen LogP contribution in [0.4, 0.5) is 10.7 Å². The molecule has 1 saturated carbocycles. The normalized spacial score (nSPS) is 13.3. The smallest absolute Gasteiger partial charge is 0.339 e. The number of para-hydroxylation sites is 1. The average molecular weight is 1520 g/mol. The molecular formula is C71H82N12O20S3. The fourth-order valence-corrected chi connectivity index (χ4v) is 13.9. The Morgan fingerprint density at radius 2 is 1.32 bits per heavy atom. The van der Waals surface area contributed by atoms with Gasteiger partial charge in [0, 0.05) is 42.5 Å². The summed E-state index contributed by atoms with van der Waals surface area (Å²) < 4.78 is 108. The predicted molar refractivity (Wildman–Crippen MR) is 386 cm³/mol. The van der Waals surface area contributed by atoms with Crippen LogP contribution in [0.1, 0.15) is 135 Å². The fourth-order valence-electron chi connectivity index (χ4n) is 10.9. The van der Waals surface area contributed by atoms with Gasteiger partial charge in [0.15, 0.2) is 15.6 Å². The number of methoxy groups -OCH3 is 3. The number of aromatic hydroxyl groups is 1. The summed E-state index contributed by atoms with van der Waals surface area (Å²) >= 11 is 0. The van der Waals surface area contributed by atoms with Gasteiger partial charge in [-0.3, -0.25) is 29.3 Å². The monoisotopic (exact) mass is 1520 g/mol. The molecule has 5 N–H and O–H groups in total. The summed E-state index contributed by atoms with van der Waals surface area (Å²) in [5, 5.41) is 22.7. The molecule has 106 heavy (non-hydrogen) atoms. The molecule has 1 fully saturated rings. The highest BCUT2D eigenvalue weighted by Crippen LogP contribution is 2.37. The lowest BCUT2D eigenvalue weighted by molar-refractivity contribution is -0.143. The van der Waals surface area contributed by atoms with Crippen molar-refractivity contribution in [2.24, 2.45) is 17.6 Å². The quantitative estimate of drug-likeness (QED) is 0.0397. The second-order valence-electron chi connectivity index (χ2n) is 25.1. The first-order valence-corrected chi connectivity index (χ1v) is 37.9. The van der Waals surface area contributed by atoms with Crippen LogP contribution in [0.25, 0.3) is 11.1 Å². The number of carbonyl (C=O) groups is 6. The van der Waals surface area contributed by atoms with Crippen LogP contribution in [0.2, 0.25) is 0 Å². The van der Waals surface area contributed by atoms with E-state index in [2.05, 4.69) is 73.5 Å². The molecule has 0 atom stereocenters. The number of sulfone groups is 1. The summed E-state index contributed by atoms with van der Waals surface area (Å²) in [5.41, 5.74) is 5.92. The molecule has 2 aliphatic heterocycles. The highest BCUT2D eigenvalue weighted by Gasteiger charge is 2.34.